The number of piperidine rings is 1. The van der Waals surface area contributed by atoms with E-state index < -0.39 is 0 Å². The van der Waals surface area contributed by atoms with Crippen LogP contribution in [0.2, 0.25) is 0 Å². The number of ketones is 1. The summed E-state index contributed by atoms with van der Waals surface area (Å²) in [4.78, 5) is 26.9. The van der Waals surface area contributed by atoms with Crippen LogP contribution in [0, 0.1) is 5.92 Å². The maximum absolute atomic E-state index is 12.3. The molecule has 0 saturated carbocycles. The number of thiophene rings is 1. The molecule has 3 rings (SSSR count). The van der Waals surface area contributed by atoms with Gasteiger partial charge in [0.1, 0.15) is 5.75 Å². The number of carbonyl (C=O) groups is 2. The lowest BCUT2D eigenvalue weighted by molar-refractivity contribution is 0.0833. The van der Waals surface area contributed by atoms with E-state index in [0.29, 0.717) is 31.7 Å². The molecule has 22 heavy (non-hydrogen) atoms. The summed E-state index contributed by atoms with van der Waals surface area (Å²) in [5.74, 6) is 0.759. The van der Waals surface area contributed by atoms with Crippen molar-refractivity contribution < 1.29 is 14.3 Å². The van der Waals surface area contributed by atoms with Crippen molar-refractivity contribution in [2.24, 2.45) is 5.92 Å². The summed E-state index contributed by atoms with van der Waals surface area (Å²) in [6.07, 6.45) is 1.05. The largest absolute Gasteiger partial charge is 0.415 e. The lowest BCUT2D eigenvalue weighted by atomic mass is 9.92. The number of rotatable bonds is 3. The Kier molecular flexibility index (Phi) is 4.53. The van der Waals surface area contributed by atoms with E-state index in [9.17, 15) is 9.59 Å². The molecule has 5 heteroatoms. The van der Waals surface area contributed by atoms with Crippen molar-refractivity contribution in [1.82, 2.24) is 4.90 Å². The molecule has 0 bridgehead atoms. The van der Waals surface area contributed by atoms with E-state index in [4.69, 9.17) is 4.74 Å². The number of nitrogens with zero attached hydrogens (tertiary/aromatic N) is 1. The first kappa shape index (κ1) is 14.8. The van der Waals surface area contributed by atoms with Gasteiger partial charge in [0, 0.05) is 19.0 Å². The van der Waals surface area contributed by atoms with Crippen molar-refractivity contribution in [3.63, 3.8) is 0 Å². The van der Waals surface area contributed by atoms with Gasteiger partial charge in [-0.05, 0) is 36.4 Å². The fourth-order valence-electron chi connectivity index (χ4n) is 2.60. The molecule has 0 atom stereocenters. The number of likely N-dealkylation sites (tertiary alicyclic amines) is 1. The van der Waals surface area contributed by atoms with Gasteiger partial charge in [-0.25, -0.2) is 4.79 Å². The minimum Gasteiger partial charge on any atom is -0.410 e. The predicted molar refractivity (Wildman–Crippen MR) is 85.4 cm³/mol. The molecule has 0 spiro atoms. The quantitative estimate of drug-likeness (QED) is 0.808. The zero-order chi connectivity index (χ0) is 15.4. The average Bonchev–Trinajstić information content (AvgIpc) is 3.10. The summed E-state index contributed by atoms with van der Waals surface area (Å²) in [5.41, 5.74) is 0. The van der Waals surface area contributed by atoms with Crippen LogP contribution in [0.25, 0.3) is 0 Å². The van der Waals surface area contributed by atoms with Crippen molar-refractivity contribution >= 4 is 23.2 Å². The van der Waals surface area contributed by atoms with Crippen molar-refractivity contribution in [2.45, 2.75) is 12.8 Å². The maximum Gasteiger partial charge on any atom is 0.415 e. The second-order valence-corrected chi connectivity index (χ2v) is 6.23. The molecule has 114 valence electrons. The standard InChI is InChI=1S/C17H17NO3S/c19-16(15-7-4-12-22-15)13-8-10-18(11-9-13)17(20)21-14-5-2-1-3-6-14/h1-7,12-13H,8-11H2. The van der Waals surface area contributed by atoms with Gasteiger partial charge in [0.05, 0.1) is 4.88 Å². The molecule has 4 nitrogen and oxygen atoms in total. The lowest BCUT2D eigenvalue weighted by Gasteiger charge is -2.30. The van der Waals surface area contributed by atoms with E-state index in [1.165, 1.54) is 11.3 Å². The van der Waals surface area contributed by atoms with Crippen LogP contribution in [0.3, 0.4) is 0 Å². The number of hydrogen-bond donors (Lipinski definition) is 0. The van der Waals surface area contributed by atoms with Crippen LogP contribution in [-0.2, 0) is 0 Å². The highest BCUT2D eigenvalue weighted by Gasteiger charge is 2.29. The Balaban J connectivity index is 1.53. The molecule has 1 aliphatic rings. The van der Waals surface area contributed by atoms with Crippen LogP contribution in [0.4, 0.5) is 4.79 Å². The molecule has 1 aliphatic heterocycles. The zero-order valence-corrected chi connectivity index (χ0v) is 12.9. The first-order valence-corrected chi connectivity index (χ1v) is 8.21. The Hall–Kier alpha value is -2.14. The second kappa shape index (κ2) is 6.75. The summed E-state index contributed by atoms with van der Waals surface area (Å²) >= 11 is 1.48. The van der Waals surface area contributed by atoms with Crippen LogP contribution in [-0.4, -0.2) is 29.9 Å². The highest BCUT2D eigenvalue weighted by Crippen LogP contribution is 2.24. The Morgan fingerprint density at radius 3 is 2.41 bits per heavy atom. The van der Waals surface area contributed by atoms with Crippen LogP contribution in [0.1, 0.15) is 22.5 Å². The minimum absolute atomic E-state index is 0.0134. The van der Waals surface area contributed by atoms with Gasteiger partial charge in [-0.15, -0.1) is 11.3 Å². The van der Waals surface area contributed by atoms with Crippen LogP contribution < -0.4 is 4.74 Å². The highest BCUT2D eigenvalue weighted by atomic mass is 32.1. The normalized spacial score (nSPS) is 15.5. The average molecular weight is 315 g/mol. The van der Waals surface area contributed by atoms with E-state index >= 15 is 0 Å². The fraction of sp³-hybridized carbons (Fsp3) is 0.294. The number of carbonyl (C=O) groups excluding carboxylic acids is 2. The van der Waals surface area contributed by atoms with Gasteiger partial charge in [0.2, 0.25) is 0 Å². The molecular formula is C17H17NO3S. The summed E-state index contributed by atoms with van der Waals surface area (Å²) in [6.45, 7) is 1.13. The second-order valence-electron chi connectivity index (χ2n) is 5.28. The van der Waals surface area contributed by atoms with E-state index in [2.05, 4.69) is 0 Å². The monoisotopic (exact) mass is 315 g/mol. The number of Topliss-reactive ketones (excluding diaryl/α,β-unsaturated/α-hetero) is 1. The Bertz CT molecular complexity index is 631. The number of hydrogen-bond acceptors (Lipinski definition) is 4. The number of amides is 1. The first-order valence-electron chi connectivity index (χ1n) is 7.33. The van der Waals surface area contributed by atoms with E-state index in [0.717, 1.165) is 4.88 Å². The van der Waals surface area contributed by atoms with Crippen LogP contribution in [0.15, 0.2) is 47.8 Å². The summed E-state index contributed by atoms with van der Waals surface area (Å²) in [6, 6.07) is 12.8. The van der Waals surface area contributed by atoms with Gasteiger partial charge in [0.15, 0.2) is 5.78 Å². The fourth-order valence-corrected chi connectivity index (χ4v) is 3.34. The van der Waals surface area contributed by atoms with E-state index in [1.807, 2.05) is 35.7 Å². The Morgan fingerprint density at radius 1 is 1.05 bits per heavy atom. The third kappa shape index (κ3) is 3.36. The van der Waals surface area contributed by atoms with Gasteiger partial charge in [-0.3, -0.25) is 4.79 Å². The molecular weight excluding hydrogens is 298 g/mol. The topological polar surface area (TPSA) is 46.6 Å². The highest BCUT2D eigenvalue weighted by molar-refractivity contribution is 7.12. The molecule has 0 radical (unpaired) electrons. The summed E-state index contributed by atoms with van der Waals surface area (Å²) in [5, 5.41) is 1.92. The van der Waals surface area contributed by atoms with E-state index in [1.54, 1.807) is 17.0 Å². The molecule has 1 aromatic carbocycles. The van der Waals surface area contributed by atoms with Gasteiger partial charge in [0.25, 0.3) is 0 Å². The van der Waals surface area contributed by atoms with E-state index in [-0.39, 0.29) is 17.8 Å². The molecule has 1 amide bonds. The SMILES string of the molecule is O=C(c1cccs1)C1CCN(C(=O)Oc2ccccc2)CC1. The molecule has 1 aromatic heterocycles. The molecule has 0 unspecified atom stereocenters. The van der Waals surface area contributed by atoms with Crippen LogP contribution in [0.5, 0.6) is 5.75 Å². The molecule has 1 saturated heterocycles. The molecule has 0 aliphatic carbocycles. The molecule has 1 fully saturated rings. The van der Waals surface area contributed by atoms with Gasteiger partial charge in [-0.2, -0.15) is 0 Å². The first-order chi connectivity index (χ1) is 10.7. The number of ether oxygens (including phenoxy) is 1. The maximum atomic E-state index is 12.3. The smallest absolute Gasteiger partial charge is 0.410 e. The molecule has 2 aromatic rings. The van der Waals surface area contributed by atoms with Gasteiger partial charge >= 0.3 is 6.09 Å². The van der Waals surface area contributed by atoms with Crippen molar-refractivity contribution in [3.8, 4) is 5.75 Å². The number of para-hydroxylation sites is 1. The van der Waals surface area contributed by atoms with Crippen molar-refractivity contribution in [1.29, 1.82) is 0 Å². The van der Waals surface area contributed by atoms with Crippen molar-refractivity contribution in [2.75, 3.05) is 13.1 Å². The third-order valence-corrected chi connectivity index (χ3v) is 4.72. The van der Waals surface area contributed by atoms with Crippen molar-refractivity contribution in [3.05, 3.63) is 52.7 Å². The molecule has 0 N–H and O–H groups in total. The minimum atomic E-state index is -0.340. The summed E-state index contributed by atoms with van der Waals surface area (Å²) < 4.78 is 5.33. The Morgan fingerprint density at radius 2 is 1.77 bits per heavy atom. The third-order valence-electron chi connectivity index (χ3n) is 3.84. The summed E-state index contributed by atoms with van der Waals surface area (Å²) in [7, 11) is 0. The Labute approximate surface area is 133 Å². The van der Waals surface area contributed by atoms with Crippen LogP contribution >= 0.6 is 11.3 Å². The zero-order valence-electron chi connectivity index (χ0n) is 12.1. The number of benzene rings is 1. The van der Waals surface area contributed by atoms with Gasteiger partial charge < -0.3 is 9.64 Å². The molecule has 2 heterocycles. The predicted octanol–water partition coefficient (Wildman–Crippen LogP) is 3.84. The van der Waals surface area contributed by atoms with Gasteiger partial charge in [-0.1, -0.05) is 24.3 Å². The lowest BCUT2D eigenvalue weighted by Crippen LogP contribution is -2.41.